The second kappa shape index (κ2) is 9.30. The minimum absolute atomic E-state index is 0.355. The Labute approximate surface area is 89.5 Å². The molecule has 0 aromatic heterocycles. The summed E-state index contributed by atoms with van der Waals surface area (Å²) in [5, 5.41) is 0. The Kier molecular flexibility index (Phi) is 9.13. The fraction of sp³-hybridized carbons (Fsp3) is 0.889. The number of carbonyl (C=O) groups is 1. The first-order valence-corrected chi connectivity index (χ1v) is 5.86. The molecule has 0 radical (unpaired) electrons. The number of hydrogen-bond acceptors (Lipinski definition) is 5. The van der Waals surface area contributed by atoms with Crippen LogP contribution in [0.25, 0.3) is 0 Å². The lowest BCUT2D eigenvalue weighted by atomic mass is 10.4. The van der Waals surface area contributed by atoms with E-state index in [4.69, 9.17) is 10.5 Å². The minimum Gasteiger partial charge on any atom is -0.468 e. The average Bonchev–Trinajstić information content (AvgIpc) is 2.21. The quantitative estimate of drug-likeness (QED) is 0.481. The molecule has 0 aromatic carbocycles. The van der Waals surface area contributed by atoms with Crippen molar-refractivity contribution in [2.45, 2.75) is 19.4 Å². The molecule has 0 fully saturated rings. The summed E-state index contributed by atoms with van der Waals surface area (Å²) in [6, 6.07) is -0.517. The van der Waals surface area contributed by atoms with Crippen LogP contribution >= 0.6 is 11.8 Å². The Hall–Kier alpha value is -0.260. The fourth-order valence-corrected chi connectivity index (χ4v) is 1.59. The fourth-order valence-electron chi connectivity index (χ4n) is 0.794. The summed E-state index contributed by atoms with van der Waals surface area (Å²) >= 11 is 1.60. The standard InChI is InChI=1S/C9H19NO3S/c1-3-4-13-5-6-14-7-8(10)9(11)12-2/h8H,3-7,10H2,1-2H3. The first kappa shape index (κ1) is 13.7. The highest BCUT2D eigenvalue weighted by Gasteiger charge is 2.12. The van der Waals surface area contributed by atoms with E-state index in [2.05, 4.69) is 11.7 Å². The van der Waals surface area contributed by atoms with Crippen LogP contribution in [0.4, 0.5) is 0 Å². The van der Waals surface area contributed by atoms with Gasteiger partial charge in [-0.05, 0) is 6.42 Å². The third-order valence-corrected chi connectivity index (χ3v) is 2.57. The van der Waals surface area contributed by atoms with Crippen LogP contribution in [0, 0.1) is 0 Å². The first-order chi connectivity index (χ1) is 6.72. The van der Waals surface area contributed by atoms with E-state index in [1.54, 1.807) is 11.8 Å². The van der Waals surface area contributed by atoms with Crippen LogP contribution in [-0.2, 0) is 14.3 Å². The zero-order valence-corrected chi connectivity index (χ0v) is 9.64. The molecule has 0 aliphatic rings. The lowest BCUT2D eigenvalue weighted by Gasteiger charge is -2.08. The lowest BCUT2D eigenvalue weighted by molar-refractivity contribution is -0.141. The van der Waals surface area contributed by atoms with Gasteiger partial charge in [0.2, 0.25) is 0 Å². The Morgan fingerprint density at radius 3 is 2.79 bits per heavy atom. The highest BCUT2D eigenvalue weighted by molar-refractivity contribution is 7.99. The number of rotatable bonds is 8. The van der Waals surface area contributed by atoms with Crippen LogP contribution in [0.15, 0.2) is 0 Å². The number of methoxy groups -OCH3 is 1. The predicted octanol–water partition coefficient (Wildman–Crippen LogP) is 0.646. The van der Waals surface area contributed by atoms with Gasteiger partial charge in [0.1, 0.15) is 6.04 Å². The summed E-state index contributed by atoms with van der Waals surface area (Å²) in [7, 11) is 1.34. The molecule has 1 unspecified atom stereocenters. The lowest BCUT2D eigenvalue weighted by Crippen LogP contribution is -2.34. The highest BCUT2D eigenvalue weighted by atomic mass is 32.2. The van der Waals surface area contributed by atoms with Gasteiger partial charge in [0.25, 0.3) is 0 Å². The molecule has 4 nitrogen and oxygen atoms in total. The molecule has 0 saturated heterocycles. The van der Waals surface area contributed by atoms with Crippen molar-refractivity contribution in [1.82, 2.24) is 0 Å². The third-order valence-electron chi connectivity index (χ3n) is 1.52. The molecule has 0 bridgehead atoms. The monoisotopic (exact) mass is 221 g/mol. The summed E-state index contributed by atoms with van der Waals surface area (Å²) in [5.74, 6) is 1.10. The van der Waals surface area contributed by atoms with Crippen molar-refractivity contribution in [3.63, 3.8) is 0 Å². The molecule has 0 aromatic rings. The Bertz CT molecular complexity index is 155. The molecule has 14 heavy (non-hydrogen) atoms. The third kappa shape index (κ3) is 7.17. The van der Waals surface area contributed by atoms with Crippen molar-refractivity contribution in [3.8, 4) is 0 Å². The number of esters is 1. The molecule has 0 heterocycles. The van der Waals surface area contributed by atoms with Gasteiger partial charge in [-0.1, -0.05) is 6.92 Å². The number of nitrogens with two attached hydrogens (primary N) is 1. The smallest absolute Gasteiger partial charge is 0.323 e. The maximum atomic E-state index is 10.9. The van der Waals surface area contributed by atoms with Gasteiger partial charge in [-0.2, -0.15) is 11.8 Å². The molecule has 2 N–H and O–H groups in total. The normalized spacial score (nSPS) is 12.5. The number of carbonyl (C=O) groups excluding carboxylic acids is 1. The summed E-state index contributed by atoms with van der Waals surface area (Å²) in [6.07, 6.45) is 1.03. The zero-order chi connectivity index (χ0) is 10.8. The van der Waals surface area contributed by atoms with Crippen molar-refractivity contribution in [2.75, 3.05) is 31.8 Å². The van der Waals surface area contributed by atoms with E-state index in [1.807, 2.05) is 0 Å². The summed E-state index contributed by atoms with van der Waals surface area (Å²) in [6.45, 7) is 3.58. The van der Waals surface area contributed by atoms with E-state index in [0.717, 1.165) is 18.8 Å². The van der Waals surface area contributed by atoms with E-state index in [-0.39, 0.29) is 5.97 Å². The predicted molar refractivity (Wildman–Crippen MR) is 58.4 cm³/mol. The number of ether oxygens (including phenoxy) is 2. The zero-order valence-electron chi connectivity index (χ0n) is 8.82. The molecule has 84 valence electrons. The SMILES string of the molecule is CCCOCCSCC(N)C(=O)OC. The van der Waals surface area contributed by atoms with Gasteiger partial charge in [0, 0.05) is 18.1 Å². The molecule has 0 amide bonds. The van der Waals surface area contributed by atoms with Gasteiger partial charge in [0.05, 0.1) is 13.7 Å². The molecular formula is C9H19NO3S. The van der Waals surface area contributed by atoms with Crippen LogP contribution in [-0.4, -0.2) is 43.8 Å². The molecule has 0 aliphatic heterocycles. The van der Waals surface area contributed by atoms with Gasteiger partial charge in [-0.15, -0.1) is 0 Å². The second-order valence-electron chi connectivity index (χ2n) is 2.82. The van der Waals surface area contributed by atoms with E-state index >= 15 is 0 Å². The molecule has 0 aliphatic carbocycles. The van der Waals surface area contributed by atoms with Crippen molar-refractivity contribution >= 4 is 17.7 Å². The second-order valence-corrected chi connectivity index (χ2v) is 3.97. The van der Waals surface area contributed by atoms with Crippen LogP contribution < -0.4 is 5.73 Å². The van der Waals surface area contributed by atoms with Crippen molar-refractivity contribution in [1.29, 1.82) is 0 Å². The molecule has 0 saturated carbocycles. The Morgan fingerprint density at radius 2 is 2.21 bits per heavy atom. The van der Waals surface area contributed by atoms with Gasteiger partial charge in [-0.3, -0.25) is 4.79 Å². The van der Waals surface area contributed by atoms with Gasteiger partial charge < -0.3 is 15.2 Å². The number of hydrogen-bond donors (Lipinski definition) is 1. The molecule has 0 spiro atoms. The number of thioether (sulfide) groups is 1. The topological polar surface area (TPSA) is 61.5 Å². The summed E-state index contributed by atoms with van der Waals surface area (Å²) in [5.41, 5.74) is 5.53. The Morgan fingerprint density at radius 1 is 1.50 bits per heavy atom. The highest BCUT2D eigenvalue weighted by Crippen LogP contribution is 2.02. The first-order valence-electron chi connectivity index (χ1n) is 4.71. The van der Waals surface area contributed by atoms with E-state index in [9.17, 15) is 4.79 Å². The van der Waals surface area contributed by atoms with Crippen molar-refractivity contribution < 1.29 is 14.3 Å². The van der Waals surface area contributed by atoms with E-state index < -0.39 is 6.04 Å². The maximum absolute atomic E-state index is 10.9. The molecule has 0 rings (SSSR count). The minimum atomic E-state index is -0.517. The van der Waals surface area contributed by atoms with Gasteiger partial charge >= 0.3 is 5.97 Å². The summed E-state index contributed by atoms with van der Waals surface area (Å²) < 4.78 is 9.77. The van der Waals surface area contributed by atoms with E-state index in [0.29, 0.717) is 12.4 Å². The van der Waals surface area contributed by atoms with Gasteiger partial charge in [0.15, 0.2) is 0 Å². The van der Waals surface area contributed by atoms with Crippen molar-refractivity contribution in [2.24, 2.45) is 5.73 Å². The largest absolute Gasteiger partial charge is 0.468 e. The van der Waals surface area contributed by atoms with Crippen LogP contribution in [0.2, 0.25) is 0 Å². The Balaban J connectivity index is 3.23. The van der Waals surface area contributed by atoms with Crippen LogP contribution in [0.5, 0.6) is 0 Å². The van der Waals surface area contributed by atoms with Crippen molar-refractivity contribution in [3.05, 3.63) is 0 Å². The molecule has 1 atom stereocenters. The van der Waals surface area contributed by atoms with E-state index in [1.165, 1.54) is 7.11 Å². The molecular weight excluding hydrogens is 202 g/mol. The van der Waals surface area contributed by atoms with Gasteiger partial charge in [-0.25, -0.2) is 0 Å². The average molecular weight is 221 g/mol. The summed E-state index contributed by atoms with van der Waals surface area (Å²) in [4.78, 5) is 10.9. The van der Waals surface area contributed by atoms with Crippen LogP contribution in [0.1, 0.15) is 13.3 Å². The molecule has 5 heteroatoms. The van der Waals surface area contributed by atoms with Crippen LogP contribution in [0.3, 0.4) is 0 Å². The maximum Gasteiger partial charge on any atom is 0.323 e.